The molecule has 0 radical (unpaired) electrons. The minimum absolute atomic E-state index is 0.00319. The summed E-state index contributed by atoms with van der Waals surface area (Å²) in [6.07, 6.45) is 7.45. The van der Waals surface area contributed by atoms with E-state index in [4.69, 9.17) is 0 Å². The zero-order valence-corrected chi connectivity index (χ0v) is 16.2. The van der Waals surface area contributed by atoms with Crippen LogP contribution in [0.25, 0.3) is 0 Å². The lowest BCUT2D eigenvalue weighted by Crippen LogP contribution is -2.62. The van der Waals surface area contributed by atoms with E-state index in [1.54, 1.807) is 13.0 Å². The fourth-order valence-electron chi connectivity index (χ4n) is 5.40. The number of hydrogen-bond donors (Lipinski definition) is 2. The molecule has 1 heterocycles. The van der Waals surface area contributed by atoms with Gasteiger partial charge in [-0.1, -0.05) is 0 Å². The van der Waals surface area contributed by atoms with Crippen molar-refractivity contribution in [2.45, 2.75) is 57.0 Å². The molecule has 4 aliphatic carbocycles. The predicted molar refractivity (Wildman–Crippen MR) is 98.0 cm³/mol. The Morgan fingerprint density at radius 3 is 2.25 bits per heavy atom. The summed E-state index contributed by atoms with van der Waals surface area (Å²) in [5, 5.41) is 6.16. The summed E-state index contributed by atoms with van der Waals surface area (Å²) in [7, 11) is 0. The van der Waals surface area contributed by atoms with Gasteiger partial charge in [-0.2, -0.15) is 0 Å². The Balaban J connectivity index is 1.38. The average molecular weight is 411 g/mol. The summed E-state index contributed by atoms with van der Waals surface area (Å²) >= 11 is 4.74. The van der Waals surface area contributed by atoms with Gasteiger partial charge in [0, 0.05) is 5.54 Å². The predicted octanol–water partition coefficient (Wildman–Crippen LogP) is 3.71. The monoisotopic (exact) mass is 410 g/mol. The molecule has 5 rings (SSSR count). The molecule has 6 heteroatoms. The minimum Gasteiger partial charge on any atom is -0.349 e. The highest BCUT2D eigenvalue weighted by Crippen LogP contribution is 2.55. The van der Waals surface area contributed by atoms with Crippen molar-refractivity contribution >= 4 is 39.1 Å². The molecular weight excluding hydrogens is 388 g/mol. The number of nitrogens with one attached hydrogen (secondary N) is 2. The molecule has 1 aromatic rings. The topological polar surface area (TPSA) is 58.2 Å². The molecule has 0 aliphatic heterocycles. The molecule has 4 fully saturated rings. The number of carbonyl (C=O) groups excluding carboxylic acids is 2. The highest BCUT2D eigenvalue weighted by atomic mass is 79.9. The summed E-state index contributed by atoms with van der Waals surface area (Å²) in [5.41, 5.74) is -0.00319. The summed E-state index contributed by atoms with van der Waals surface area (Å²) in [6.45, 7) is 1.77. The van der Waals surface area contributed by atoms with Crippen LogP contribution in [0.2, 0.25) is 0 Å². The third-order valence-electron chi connectivity index (χ3n) is 5.96. The highest BCUT2D eigenvalue weighted by Gasteiger charge is 2.51. The fraction of sp³-hybridized carbons (Fsp3) is 0.667. The molecule has 24 heavy (non-hydrogen) atoms. The number of amides is 2. The summed E-state index contributed by atoms with van der Waals surface area (Å²) < 4.78 is 0.915. The van der Waals surface area contributed by atoms with Gasteiger partial charge in [-0.05, 0) is 91.3 Å². The lowest BCUT2D eigenvalue weighted by atomic mass is 9.53. The number of rotatable bonds is 4. The molecule has 1 atom stereocenters. The van der Waals surface area contributed by atoms with Crippen molar-refractivity contribution in [3.05, 3.63) is 20.8 Å². The Morgan fingerprint density at radius 1 is 1.17 bits per heavy atom. The first-order chi connectivity index (χ1) is 11.4. The Bertz CT molecular complexity index is 636. The second-order valence-electron chi connectivity index (χ2n) is 7.99. The molecule has 1 aromatic heterocycles. The lowest BCUT2D eigenvalue weighted by Gasteiger charge is -2.57. The molecule has 4 saturated carbocycles. The zero-order chi connectivity index (χ0) is 16.9. The van der Waals surface area contributed by atoms with Crippen molar-refractivity contribution < 1.29 is 9.59 Å². The van der Waals surface area contributed by atoms with Crippen LogP contribution in [0.4, 0.5) is 0 Å². The van der Waals surface area contributed by atoms with Crippen LogP contribution >= 0.6 is 27.3 Å². The molecular formula is C18H23BrN2O2S. The number of carbonyl (C=O) groups is 2. The van der Waals surface area contributed by atoms with Gasteiger partial charge in [0.05, 0.1) is 8.66 Å². The molecule has 2 N–H and O–H groups in total. The first-order valence-electron chi connectivity index (χ1n) is 8.81. The molecule has 2 amide bonds. The molecule has 4 aliphatic rings. The van der Waals surface area contributed by atoms with E-state index in [9.17, 15) is 9.59 Å². The smallest absolute Gasteiger partial charge is 0.262 e. The van der Waals surface area contributed by atoms with Gasteiger partial charge in [0.1, 0.15) is 6.04 Å². The van der Waals surface area contributed by atoms with Crippen LogP contribution in [0, 0.1) is 17.8 Å². The van der Waals surface area contributed by atoms with E-state index >= 15 is 0 Å². The Morgan fingerprint density at radius 2 is 1.75 bits per heavy atom. The van der Waals surface area contributed by atoms with Crippen LogP contribution in [-0.2, 0) is 4.79 Å². The van der Waals surface area contributed by atoms with E-state index < -0.39 is 6.04 Å². The van der Waals surface area contributed by atoms with Crippen LogP contribution in [0.15, 0.2) is 15.9 Å². The van der Waals surface area contributed by atoms with Crippen molar-refractivity contribution in [1.82, 2.24) is 10.6 Å². The van der Waals surface area contributed by atoms with Gasteiger partial charge in [-0.15, -0.1) is 11.3 Å². The second-order valence-corrected chi connectivity index (χ2v) is 10.4. The SMILES string of the molecule is CC(NC(=O)c1ccc(Br)s1)C(=O)NC12CC3CC(CC(C3)C1)C2. The van der Waals surface area contributed by atoms with Crippen molar-refractivity contribution in [3.63, 3.8) is 0 Å². The maximum atomic E-state index is 12.7. The molecule has 4 bridgehead atoms. The molecule has 0 saturated heterocycles. The summed E-state index contributed by atoms with van der Waals surface area (Å²) in [6, 6.07) is 3.11. The maximum absolute atomic E-state index is 12.7. The maximum Gasteiger partial charge on any atom is 0.262 e. The van der Waals surface area contributed by atoms with Gasteiger partial charge in [-0.3, -0.25) is 9.59 Å². The quantitative estimate of drug-likeness (QED) is 0.794. The van der Waals surface area contributed by atoms with E-state index in [1.165, 1.54) is 30.6 Å². The van der Waals surface area contributed by atoms with Crippen LogP contribution < -0.4 is 10.6 Å². The van der Waals surface area contributed by atoms with E-state index in [0.717, 1.165) is 40.8 Å². The number of hydrogen-bond acceptors (Lipinski definition) is 3. The molecule has 0 aromatic carbocycles. The first-order valence-corrected chi connectivity index (χ1v) is 10.4. The largest absolute Gasteiger partial charge is 0.349 e. The Hall–Kier alpha value is -0.880. The van der Waals surface area contributed by atoms with Gasteiger partial charge in [0.15, 0.2) is 0 Å². The molecule has 4 nitrogen and oxygen atoms in total. The Kier molecular flexibility index (Phi) is 4.23. The van der Waals surface area contributed by atoms with Crippen molar-refractivity contribution in [2.24, 2.45) is 17.8 Å². The highest BCUT2D eigenvalue weighted by molar-refractivity contribution is 9.11. The van der Waals surface area contributed by atoms with Crippen molar-refractivity contribution in [1.29, 1.82) is 0 Å². The third-order valence-corrected chi connectivity index (χ3v) is 7.59. The van der Waals surface area contributed by atoms with Crippen LogP contribution in [-0.4, -0.2) is 23.4 Å². The average Bonchev–Trinajstić information content (AvgIpc) is 2.92. The zero-order valence-electron chi connectivity index (χ0n) is 13.8. The van der Waals surface area contributed by atoms with Gasteiger partial charge >= 0.3 is 0 Å². The van der Waals surface area contributed by atoms with Crippen molar-refractivity contribution in [3.8, 4) is 0 Å². The van der Waals surface area contributed by atoms with Crippen LogP contribution in [0.1, 0.15) is 55.1 Å². The summed E-state index contributed by atoms with van der Waals surface area (Å²) in [5.74, 6) is 2.17. The second kappa shape index (κ2) is 6.13. The normalized spacial score (nSPS) is 34.8. The van der Waals surface area contributed by atoms with Gasteiger partial charge in [0.2, 0.25) is 5.91 Å². The standard InChI is InChI=1S/C18H23BrN2O2S/c1-10(20-17(23)14-2-3-15(19)24-14)16(22)21-18-7-11-4-12(8-18)6-13(5-11)9-18/h2-3,10-13H,4-9H2,1H3,(H,20,23)(H,21,22). The van der Waals surface area contributed by atoms with Gasteiger partial charge in [0.25, 0.3) is 5.91 Å². The van der Waals surface area contributed by atoms with Gasteiger partial charge < -0.3 is 10.6 Å². The first kappa shape index (κ1) is 16.6. The molecule has 130 valence electrons. The number of thiophene rings is 1. The third kappa shape index (κ3) is 3.15. The Labute approximate surface area is 154 Å². The molecule has 0 spiro atoms. The van der Waals surface area contributed by atoms with E-state index in [0.29, 0.717) is 4.88 Å². The van der Waals surface area contributed by atoms with Crippen molar-refractivity contribution in [2.75, 3.05) is 0 Å². The van der Waals surface area contributed by atoms with Crippen LogP contribution in [0.5, 0.6) is 0 Å². The lowest BCUT2D eigenvalue weighted by molar-refractivity contribution is -0.128. The van der Waals surface area contributed by atoms with E-state index in [2.05, 4.69) is 26.6 Å². The van der Waals surface area contributed by atoms with Crippen LogP contribution in [0.3, 0.4) is 0 Å². The van der Waals surface area contributed by atoms with Gasteiger partial charge in [-0.25, -0.2) is 0 Å². The molecule has 1 unspecified atom stereocenters. The minimum atomic E-state index is -0.508. The van der Waals surface area contributed by atoms with E-state index in [1.807, 2.05) is 6.07 Å². The fourth-order valence-corrected chi connectivity index (χ4v) is 6.69. The van der Waals surface area contributed by atoms with E-state index in [-0.39, 0.29) is 17.4 Å². The summed E-state index contributed by atoms with van der Waals surface area (Å²) in [4.78, 5) is 25.5. The number of halogens is 1.